The minimum absolute atomic E-state index is 0.307. The first-order valence-corrected chi connectivity index (χ1v) is 5.71. The normalized spacial score (nSPS) is 10.2. The lowest BCUT2D eigenvalue weighted by atomic mass is 10.3. The molecule has 0 spiro atoms. The number of hydrogen-bond acceptors (Lipinski definition) is 4. The molecular weight excluding hydrogens is 203 g/mol. The predicted octanol–water partition coefficient (Wildman–Crippen LogP) is 2.80. The highest BCUT2D eigenvalue weighted by molar-refractivity contribution is 7.42. The molecule has 14 heavy (non-hydrogen) atoms. The van der Waals surface area contributed by atoms with E-state index < -0.39 is 8.60 Å². The Bertz CT molecular complexity index is 166. The third-order valence-corrected chi connectivity index (χ3v) is 2.49. The van der Waals surface area contributed by atoms with Crippen LogP contribution in [-0.2, 0) is 18.4 Å². The van der Waals surface area contributed by atoms with Gasteiger partial charge in [0.05, 0.1) is 13.2 Å². The molecule has 0 saturated carbocycles. The lowest BCUT2D eigenvalue weighted by molar-refractivity contribution is -0.135. The molecule has 0 fully saturated rings. The summed E-state index contributed by atoms with van der Waals surface area (Å²) in [7, 11) is -1.50. The van der Waals surface area contributed by atoms with Gasteiger partial charge in [0.2, 0.25) is 0 Å². The maximum Gasteiger partial charge on any atom is 0.399 e. The minimum atomic E-state index is -1.50. The molecule has 82 valence electrons. The van der Waals surface area contributed by atoms with E-state index in [9.17, 15) is 4.79 Å². The number of carbonyl (C=O) groups is 1. The van der Waals surface area contributed by atoms with E-state index >= 15 is 0 Å². The van der Waals surface area contributed by atoms with Crippen LogP contribution in [0.3, 0.4) is 0 Å². The quantitative estimate of drug-likeness (QED) is 0.466. The zero-order valence-corrected chi connectivity index (χ0v) is 9.59. The minimum Gasteiger partial charge on any atom is -0.394 e. The van der Waals surface area contributed by atoms with Gasteiger partial charge in [-0.2, -0.15) is 0 Å². The van der Waals surface area contributed by atoms with Gasteiger partial charge in [-0.1, -0.05) is 6.08 Å². The number of rotatable bonds is 8. The third-order valence-electron chi connectivity index (χ3n) is 1.20. The van der Waals surface area contributed by atoms with E-state index in [-0.39, 0.29) is 5.97 Å². The van der Waals surface area contributed by atoms with Gasteiger partial charge in [-0.15, -0.1) is 6.58 Å². The lowest BCUT2D eigenvalue weighted by Gasteiger charge is -2.13. The van der Waals surface area contributed by atoms with Crippen LogP contribution >= 0.6 is 8.60 Å². The van der Waals surface area contributed by atoms with E-state index in [2.05, 4.69) is 6.58 Å². The Morgan fingerprint density at radius 1 is 1.36 bits per heavy atom. The largest absolute Gasteiger partial charge is 0.399 e. The van der Waals surface area contributed by atoms with Crippen molar-refractivity contribution in [3.63, 3.8) is 0 Å². The summed E-state index contributed by atoms with van der Waals surface area (Å²) >= 11 is 0. The van der Waals surface area contributed by atoms with E-state index in [0.29, 0.717) is 26.1 Å². The van der Waals surface area contributed by atoms with Crippen molar-refractivity contribution >= 4 is 14.6 Å². The zero-order valence-electron chi connectivity index (χ0n) is 8.69. The highest BCUT2D eigenvalue weighted by Gasteiger charge is 2.16. The van der Waals surface area contributed by atoms with Crippen LogP contribution in [0.5, 0.6) is 0 Å². The summed E-state index contributed by atoms with van der Waals surface area (Å²) in [5.41, 5.74) is 0. The molecule has 0 saturated heterocycles. The molecule has 0 radical (unpaired) electrons. The fraction of sp³-hybridized carbons (Fsp3) is 0.667. The second-order valence-electron chi connectivity index (χ2n) is 2.35. The van der Waals surface area contributed by atoms with Gasteiger partial charge in [0, 0.05) is 6.42 Å². The van der Waals surface area contributed by atoms with Crippen molar-refractivity contribution in [2.45, 2.75) is 26.7 Å². The van der Waals surface area contributed by atoms with Gasteiger partial charge >= 0.3 is 14.6 Å². The monoisotopic (exact) mass is 220 g/mol. The number of hydrogen-bond donors (Lipinski definition) is 0. The number of carbonyl (C=O) groups excluding carboxylic acids is 1. The third kappa shape index (κ3) is 7.01. The molecule has 0 aromatic carbocycles. The molecule has 4 nitrogen and oxygen atoms in total. The number of allylic oxidation sites excluding steroid dienone is 1. The standard InChI is InChI=1S/C9H17O4P/c1-4-7-8-9(10)13-14(11-5-2)12-6-3/h4H,1,5-8H2,2-3H3. The van der Waals surface area contributed by atoms with Crippen LogP contribution in [0.1, 0.15) is 26.7 Å². The molecule has 0 aromatic rings. The molecule has 0 aliphatic rings. The van der Waals surface area contributed by atoms with Crippen LogP contribution in [-0.4, -0.2) is 19.2 Å². The van der Waals surface area contributed by atoms with E-state index in [4.69, 9.17) is 13.6 Å². The first-order valence-electron chi connectivity index (χ1n) is 4.62. The maximum absolute atomic E-state index is 11.1. The summed E-state index contributed by atoms with van der Waals surface area (Å²) in [4.78, 5) is 11.1. The van der Waals surface area contributed by atoms with Gasteiger partial charge in [0.15, 0.2) is 0 Å². The van der Waals surface area contributed by atoms with E-state index in [1.54, 1.807) is 6.08 Å². The first kappa shape index (κ1) is 13.6. The topological polar surface area (TPSA) is 44.8 Å². The van der Waals surface area contributed by atoms with Gasteiger partial charge in [-0.25, -0.2) is 0 Å². The zero-order chi connectivity index (χ0) is 10.8. The van der Waals surface area contributed by atoms with Gasteiger partial charge in [-0.05, 0) is 20.3 Å². The van der Waals surface area contributed by atoms with Gasteiger partial charge in [-0.3, -0.25) is 4.79 Å². The maximum atomic E-state index is 11.1. The average Bonchev–Trinajstić information content (AvgIpc) is 2.15. The van der Waals surface area contributed by atoms with Crippen molar-refractivity contribution in [1.82, 2.24) is 0 Å². The van der Waals surface area contributed by atoms with Crippen LogP contribution in [0.25, 0.3) is 0 Å². The SMILES string of the molecule is C=CCCC(=O)OP(OCC)OCC. The van der Waals surface area contributed by atoms with Crippen LogP contribution in [0, 0.1) is 0 Å². The van der Waals surface area contributed by atoms with Crippen molar-refractivity contribution in [2.75, 3.05) is 13.2 Å². The molecule has 0 bridgehead atoms. The lowest BCUT2D eigenvalue weighted by Crippen LogP contribution is -2.03. The molecule has 0 aromatic heterocycles. The smallest absolute Gasteiger partial charge is 0.394 e. The fourth-order valence-corrected chi connectivity index (χ4v) is 1.51. The fourth-order valence-electron chi connectivity index (χ4n) is 0.649. The molecular formula is C9H17O4P. The summed E-state index contributed by atoms with van der Waals surface area (Å²) in [6, 6.07) is 0. The second kappa shape index (κ2) is 9.13. The summed E-state index contributed by atoms with van der Waals surface area (Å²) in [6.07, 6.45) is 2.60. The van der Waals surface area contributed by atoms with E-state index in [1.807, 2.05) is 13.8 Å². The van der Waals surface area contributed by atoms with Gasteiger partial charge in [0.25, 0.3) is 0 Å². The second-order valence-corrected chi connectivity index (χ2v) is 3.50. The van der Waals surface area contributed by atoms with Crippen molar-refractivity contribution in [1.29, 1.82) is 0 Å². The highest BCUT2D eigenvalue weighted by atomic mass is 31.2. The summed E-state index contributed by atoms with van der Waals surface area (Å²) < 4.78 is 15.2. The highest BCUT2D eigenvalue weighted by Crippen LogP contribution is 2.39. The predicted molar refractivity (Wildman–Crippen MR) is 55.7 cm³/mol. The van der Waals surface area contributed by atoms with Crippen molar-refractivity contribution in [3.8, 4) is 0 Å². The van der Waals surface area contributed by atoms with Crippen LogP contribution < -0.4 is 0 Å². The Balaban J connectivity index is 3.76. The molecule has 0 amide bonds. The summed E-state index contributed by atoms with van der Waals surface area (Å²) in [5, 5.41) is 0. The van der Waals surface area contributed by atoms with E-state index in [1.165, 1.54) is 0 Å². The van der Waals surface area contributed by atoms with Crippen molar-refractivity contribution < 1.29 is 18.4 Å². The van der Waals surface area contributed by atoms with Gasteiger partial charge in [0.1, 0.15) is 0 Å². The molecule has 0 aliphatic carbocycles. The Labute approximate surface area is 86.2 Å². The van der Waals surface area contributed by atoms with Crippen LogP contribution in [0.2, 0.25) is 0 Å². The van der Waals surface area contributed by atoms with Gasteiger partial charge < -0.3 is 13.6 Å². The van der Waals surface area contributed by atoms with E-state index in [0.717, 1.165) is 0 Å². The Morgan fingerprint density at radius 3 is 2.36 bits per heavy atom. The average molecular weight is 220 g/mol. The van der Waals surface area contributed by atoms with Crippen molar-refractivity contribution in [2.24, 2.45) is 0 Å². The molecule has 0 rings (SSSR count). The molecule has 0 heterocycles. The Kier molecular flexibility index (Phi) is 8.84. The molecule has 0 unspecified atom stereocenters. The Hall–Kier alpha value is -0.440. The molecule has 5 heteroatoms. The first-order chi connectivity index (χ1) is 6.74. The van der Waals surface area contributed by atoms with Crippen molar-refractivity contribution in [3.05, 3.63) is 12.7 Å². The molecule has 0 aliphatic heterocycles. The summed E-state index contributed by atoms with van der Waals surface area (Å²) in [6.45, 7) is 8.12. The molecule has 0 N–H and O–H groups in total. The Morgan fingerprint density at radius 2 is 1.93 bits per heavy atom. The van der Waals surface area contributed by atoms with Crippen LogP contribution in [0.15, 0.2) is 12.7 Å². The summed E-state index contributed by atoms with van der Waals surface area (Å²) in [5.74, 6) is -0.307. The van der Waals surface area contributed by atoms with Crippen LogP contribution in [0.4, 0.5) is 0 Å². The molecule has 0 atom stereocenters.